The van der Waals surface area contributed by atoms with Gasteiger partial charge in [-0.05, 0) is 59.7 Å². The Balaban J connectivity index is 1.52. The van der Waals surface area contributed by atoms with Crippen LogP contribution in [0.15, 0.2) is 39.1 Å². The topological polar surface area (TPSA) is 86.3 Å². The Bertz CT molecular complexity index is 1110. The summed E-state index contributed by atoms with van der Waals surface area (Å²) in [5, 5.41) is 6.47. The molecule has 11 heteroatoms. The molecular formula is C23H27BrClN5O3S. The third kappa shape index (κ3) is 5.46. The number of halogens is 2. The van der Waals surface area contributed by atoms with Crippen LogP contribution in [0.4, 0.5) is 11.4 Å². The molecule has 3 heterocycles. The van der Waals surface area contributed by atoms with E-state index in [-0.39, 0.29) is 11.8 Å². The van der Waals surface area contributed by atoms with Gasteiger partial charge in [0.15, 0.2) is 0 Å². The van der Waals surface area contributed by atoms with Crippen LogP contribution >= 0.6 is 38.9 Å². The first-order chi connectivity index (χ1) is 16.3. The molecule has 4 rings (SSSR count). The summed E-state index contributed by atoms with van der Waals surface area (Å²) in [4.78, 5) is 35.3. The molecule has 1 atom stereocenters. The molecule has 0 radical (unpaired) electrons. The lowest BCUT2D eigenvalue weighted by Gasteiger charge is -2.29. The fourth-order valence-corrected chi connectivity index (χ4v) is 5.86. The Kier molecular flexibility index (Phi) is 7.94. The number of anilines is 2. The number of rotatable bonds is 5. The number of amidine groups is 1. The average Bonchev–Trinajstić information content (AvgIpc) is 3.32. The zero-order valence-corrected chi connectivity index (χ0v) is 22.2. The Morgan fingerprint density at radius 3 is 2.71 bits per heavy atom. The molecule has 0 saturated carbocycles. The summed E-state index contributed by atoms with van der Waals surface area (Å²) >= 11 is 11.4. The van der Waals surface area contributed by atoms with E-state index in [0.717, 1.165) is 15.3 Å². The molecule has 1 aromatic heterocycles. The summed E-state index contributed by atoms with van der Waals surface area (Å²) in [5.41, 5.74) is 0.358. The summed E-state index contributed by atoms with van der Waals surface area (Å²) in [7, 11) is 3.70. The summed E-state index contributed by atoms with van der Waals surface area (Å²) in [6.07, 6.45) is 1.23. The van der Waals surface area contributed by atoms with Crippen LogP contribution in [0.3, 0.4) is 0 Å². The van der Waals surface area contributed by atoms with Gasteiger partial charge in [0.2, 0.25) is 0 Å². The van der Waals surface area contributed by atoms with Gasteiger partial charge in [-0.25, -0.2) is 0 Å². The number of likely N-dealkylation sites (N-methyl/N-ethyl adjacent to an activating group) is 1. The van der Waals surface area contributed by atoms with Gasteiger partial charge in [0.05, 0.1) is 32.6 Å². The van der Waals surface area contributed by atoms with Gasteiger partial charge in [0.25, 0.3) is 11.8 Å². The smallest absolute Gasteiger partial charge is 0.262 e. The summed E-state index contributed by atoms with van der Waals surface area (Å²) in [5.74, 6) is 0.389. The van der Waals surface area contributed by atoms with Crippen molar-refractivity contribution < 1.29 is 14.3 Å². The van der Waals surface area contributed by atoms with Crippen LogP contribution in [-0.2, 0) is 9.53 Å². The first-order valence-corrected chi connectivity index (χ1v) is 13.0. The Hall–Kier alpha value is -1.98. The summed E-state index contributed by atoms with van der Waals surface area (Å²) < 4.78 is 6.44. The number of nitrogens with zero attached hydrogens (tertiary/aromatic N) is 3. The van der Waals surface area contributed by atoms with Crippen LogP contribution in [-0.4, -0.2) is 75.0 Å². The van der Waals surface area contributed by atoms with Gasteiger partial charge in [-0.2, -0.15) is 0 Å². The van der Waals surface area contributed by atoms with Gasteiger partial charge in [0.1, 0.15) is 11.4 Å². The van der Waals surface area contributed by atoms with E-state index in [0.29, 0.717) is 61.3 Å². The van der Waals surface area contributed by atoms with E-state index in [1.54, 1.807) is 19.2 Å². The highest BCUT2D eigenvalue weighted by molar-refractivity contribution is 9.11. The van der Waals surface area contributed by atoms with Crippen LogP contribution < -0.4 is 15.5 Å². The molecule has 1 aromatic carbocycles. The SMILES string of the molecule is CN=C1CCOCCN1c1ccc(NC(=O)C2(NC(=O)c3ccc(Br)s3)CCN(C)C2)cc1Cl. The maximum Gasteiger partial charge on any atom is 0.262 e. The number of amides is 2. The molecule has 34 heavy (non-hydrogen) atoms. The van der Waals surface area contributed by atoms with Gasteiger partial charge in [-0.3, -0.25) is 14.6 Å². The number of aliphatic imine (C=N–C) groups is 1. The van der Waals surface area contributed by atoms with E-state index in [4.69, 9.17) is 16.3 Å². The predicted octanol–water partition coefficient (Wildman–Crippen LogP) is 3.86. The van der Waals surface area contributed by atoms with Gasteiger partial charge < -0.3 is 25.2 Å². The van der Waals surface area contributed by atoms with Crippen molar-refractivity contribution in [3.05, 3.63) is 44.0 Å². The second kappa shape index (κ2) is 10.7. The highest BCUT2D eigenvalue weighted by atomic mass is 79.9. The van der Waals surface area contributed by atoms with Crippen molar-refractivity contribution in [2.75, 3.05) is 57.2 Å². The van der Waals surface area contributed by atoms with Crippen molar-refractivity contribution in [3.8, 4) is 0 Å². The Morgan fingerprint density at radius 1 is 1.24 bits per heavy atom. The highest BCUT2D eigenvalue weighted by Gasteiger charge is 2.45. The lowest BCUT2D eigenvalue weighted by atomic mass is 9.96. The van der Waals surface area contributed by atoms with Gasteiger partial charge in [-0.15, -0.1) is 11.3 Å². The zero-order valence-electron chi connectivity index (χ0n) is 19.1. The second-order valence-electron chi connectivity index (χ2n) is 8.40. The quantitative estimate of drug-likeness (QED) is 0.572. The Labute approximate surface area is 216 Å². The average molecular weight is 569 g/mol. The number of hydrogen-bond donors (Lipinski definition) is 2. The third-order valence-corrected chi connectivity index (χ3v) is 7.97. The van der Waals surface area contributed by atoms with Crippen LogP contribution in [0.25, 0.3) is 0 Å². The molecule has 0 aliphatic carbocycles. The minimum absolute atomic E-state index is 0.260. The molecule has 2 aliphatic rings. The molecule has 2 aromatic rings. The van der Waals surface area contributed by atoms with E-state index in [9.17, 15) is 9.59 Å². The molecule has 0 bridgehead atoms. The fourth-order valence-electron chi connectivity index (χ4n) is 4.29. The molecule has 0 spiro atoms. The lowest BCUT2D eigenvalue weighted by Crippen LogP contribution is -2.58. The van der Waals surface area contributed by atoms with Crippen LogP contribution in [0.1, 0.15) is 22.5 Å². The highest BCUT2D eigenvalue weighted by Crippen LogP contribution is 2.32. The molecule has 8 nitrogen and oxygen atoms in total. The van der Waals surface area contributed by atoms with Crippen molar-refractivity contribution in [1.82, 2.24) is 10.2 Å². The first-order valence-electron chi connectivity index (χ1n) is 11.0. The van der Waals surface area contributed by atoms with Gasteiger partial charge in [-0.1, -0.05) is 11.6 Å². The van der Waals surface area contributed by atoms with Crippen LogP contribution in [0.2, 0.25) is 5.02 Å². The maximum absolute atomic E-state index is 13.4. The Morgan fingerprint density at radius 2 is 2.06 bits per heavy atom. The third-order valence-electron chi connectivity index (χ3n) is 6.04. The van der Waals surface area contributed by atoms with Crippen molar-refractivity contribution in [3.63, 3.8) is 0 Å². The van der Waals surface area contributed by atoms with E-state index in [1.807, 2.05) is 35.0 Å². The van der Waals surface area contributed by atoms with Gasteiger partial charge >= 0.3 is 0 Å². The van der Waals surface area contributed by atoms with E-state index >= 15 is 0 Å². The number of carbonyl (C=O) groups excluding carboxylic acids is 2. The molecule has 2 N–H and O–H groups in total. The number of hydrogen-bond acceptors (Lipinski definition) is 6. The van der Waals surface area contributed by atoms with Crippen molar-refractivity contribution in [2.24, 2.45) is 4.99 Å². The largest absolute Gasteiger partial charge is 0.379 e. The normalized spacial score (nSPS) is 22.6. The number of benzene rings is 1. The minimum atomic E-state index is -1.03. The summed E-state index contributed by atoms with van der Waals surface area (Å²) in [6, 6.07) is 9.00. The standard InChI is InChI=1S/C23H27BrClN5O3S/c1-26-20-7-11-33-12-10-30(20)17-4-3-15(13-16(17)25)27-22(32)23(8-9-29(2)14-23)28-21(31)18-5-6-19(24)34-18/h3-6,13H,7-12,14H2,1-2H3,(H,27,32)(H,28,31). The number of ether oxygens (including phenoxy) is 1. The van der Waals surface area contributed by atoms with E-state index in [2.05, 4.69) is 31.6 Å². The number of carbonyl (C=O) groups is 2. The maximum atomic E-state index is 13.4. The number of likely N-dealkylation sites (tertiary alicyclic amines) is 1. The van der Waals surface area contributed by atoms with Gasteiger partial charge in [0, 0.05) is 38.8 Å². The molecule has 2 amide bonds. The van der Waals surface area contributed by atoms with Crippen molar-refractivity contribution in [1.29, 1.82) is 0 Å². The second-order valence-corrected chi connectivity index (χ2v) is 11.3. The van der Waals surface area contributed by atoms with E-state index < -0.39 is 5.54 Å². The molecule has 2 saturated heterocycles. The fraction of sp³-hybridized carbons (Fsp3) is 0.435. The van der Waals surface area contributed by atoms with Crippen molar-refractivity contribution >= 4 is 67.9 Å². The zero-order chi connectivity index (χ0) is 24.3. The molecule has 2 fully saturated rings. The molecule has 182 valence electrons. The number of thiophene rings is 1. The summed E-state index contributed by atoms with van der Waals surface area (Å²) in [6.45, 7) is 2.99. The van der Waals surface area contributed by atoms with Crippen molar-refractivity contribution in [2.45, 2.75) is 18.4 Å². The van der Waals surface area contributed by atoms with E-state index in [1.165, 1.54) is 11.3 Å². The molecular weight excluding hydrogens is 542 g/mol. The minimum Gasteiger partial charge on any atom is -0.379 e. The lowest BCUT2D eigenvalue weighted by molar-refractivity contribution is -0.121. The number of nitrogens with one attached hydrogen (secondary N) is 2. The molecule has 1 unspecified atom stereocenters. The van der Waals surface area contributed by atoms with Crippen LogP contribution in [0, 0.1) is 0 Å². The molecule has 2 aliphatic heterocycles. The predicted molar refractivity (Wildman–Crippen MR) is 141 cm³/mol. The monoisotopic (exact) mass is 567 g/mol. The van der Waals surface area contributed by atoms with Crippen LogP contribution in [0.5, 0.6) is 0 Å². The first kappa shape index (κ1) is 25.1.